The molecule has 0 radical (unpaired) electrons. The van der Waals surface area contributed by atoms with Crippen molar-refractivity contribution in [2.45, 2.75) is 51.4 Å². The predicted molar refractivity (Wildman–Crippen MR) is 111 cm³/mol. The fourth-order valence-corrected chi connectivity index (χ4v) is 3.84. The zero-order valence-corrected chi connectivity index (χ0v) is 15.8. The number of rotatable bonds is 4. The molecule has 3 aromatic rings. The molecular formula is C23H25N3O. The smallest absolute Gasteiger partial charge is 0.267 e. The normalized spacial score (nSPS) is 15.6. The highest BCUT2D eigenvalue weighted by molar-refractivity contribution is 5.80. The average molecular weight is 359 g/mol. The highest BCUT2D eigenvalue weighted by atomic mass is 16.1. The lowest BCUT2D eigenvalue weighted by Gasteiger charge is -2.22. The van der Waals surface area contributed by atoms with Crippen LogP contribution in [-0.2, 0) is 6.42 Å². The quantitative estimate of drug-likeness (QED) is 0.623. The summed E-state index contributed by atoms with van der Waals surface area (Å²) < 4.78 is 1.53. The number of hydrogen-bond donors (Lipinski definition) is 0. The van der Waals surface area contributed by atoms with E-state index in [1.54, 1.807) is 6.21 Å². The Balaban J connectivity index is 1.79. The van der Waals surface area contributed by atoms with Crippen LogP contribution in [-0.4, -0.2) is 15.9 Å². The molecule has 0 spiro atoms. The van der Waals surface area contributed by atoms with Crippen molar-refractivity contribution in [3.63, 3.8) is 0 Å². The third-order valence-electron chi connectivity index (χ3n) is 5.46. The summed E-state index contributed by atoms with van der Waals surface area (Å²) in [6.45, 7) is 2.14. The minimum atomic E-state index is -0.0809. The molecule has 1 heterocycles. The van der Waals surface area contributed by atoms with E-state index in [4.69, 9.17) is 4.98 Å². The van der Waals surface area contributed by atoms with Gasteiger partial charge in [-0.3, -0.25) is 4.79 Å². The van der Waals surface area contributed by atoms with Gasteiger partial charge >= 0.3 is 0 Å². The standard InChI is InChI=1S/C23H25N3O/c1-2-17-12-14-18(15-13-17)16-24-26-22(19-8-4-3-5-9-19)25-21-11-7-6-10-20(21)23(26)27/h6-7,10-16,19H,2-5,8-9H2,1H3. The molecule has 1 aromatic heterocycles. The van der Waals surface area contributed by atoms with Crippen molar-refractivity contribution >= 4 is 17.1 Å². The number of aromatic nitrogens is 2. The summed E-state index contributed by atoms with van der Waals surface area (Å²) in [5.74, 6) is 1.11. The van der Waals surface area contributed by atoms with Gasteiger partial charge in [0.15, 0.2) is 0 Å². The predicted octanol–water partition coefficient (Wildman–Crippen LogP) is 4.89. The van der Waals surface area contributed by atoms with E-state index in [-0.39, 0.29) is 5.56 Å². The number of aryl methyl sites for hydroxylation is 1. The number of nitrogens with zero attached hydrogens (tertiary/aromatic N) is 3. The molecule has 0 bridgehead atoms. The minimum absolute atomic E-state index is 0.0809. The first-order valence-corrected chi connectivity index (χ1v) is 9.91. The molecule has 0 amide bonds. The van der Waals surface area contributed by atoms with Gasteiger partial charge in [-0.25, -0.2) is 4.98 Å². The van der Waals surface area contributed by atoms with Crippen molar-refractivity contribution in [2.75, 3.05) is 0 Å². The highest BCUT2D eigenvalue weighted by Crippen LogP contribution is 2.31. The number of para-hydroxylation sites is 1. The van der Waals surface area contributed by atoms with Crippen molar-refractivity contribution in [2.24, 2.45) is 5.10 Å². The monoisotopic (exact) mass is 359 g/mol. The van der Waals surface area contributed by atoms with Crippen LogP contribution in [0.3, 0.4) is 0 Å². The third kappa shape index (κ3) is 3.70. The lowest BCUT2D eigenvalue weighted by molar-refractivity contribution is 0.416. The van der Waals surface area contributed by atoms with Gasteiger partial charge in [0.25, 0.3) is 5.56 Å². The first-order chi connectivity index (χ1) is 13.3. The SMILES string of the molecule is CCc1ccc(C=Nn2c(C3CCCCC3)nc3ccccc3c2=O)cc1. The molecule has 138 valence electrons. The van der Waals surface area contributed by atoms with Crippen molar-refractivity contribution in [1.29, 1.82) is 0 Å². The Morgan fingerprint density at radius 1 is 1.07 bits per heavy atom. The topological polar surface area (TPSA) is 47.2 Å². The fraction of sp³-hybridized carbons (Fsp3) is 0.348. The first kappa shape index (κ1) is 17.7. The summed E-state index contributed by atoms with van der Waals surface area (Å²) >= 11 is 0. The summed E-state index contributed by atoms with van der Waals surface area (Å²) in [6, 6.07) is 15.9. The maximum atomic E-state index is 13.1. The summed E-state index contributed by atoms with van der Waals surface area (Å²) in [6.07, 6.45) is 8.57. The van der Waals surface area contributed by atoms with Crippen molar-refractivity contribution in [1.82, 2.24) is 9.66 Å². The molecule has 0 N–H and O–H groups in total. The Morgan fingerprint density at radius 3 is 2.56 bits per heavy atom. The van der Waals surface area contributed by atoms with Crippen LogP contribution in [0.5, 0.6) is 0 Å². The second-order valence-electron chi connectivity index (χ2n) is 7.28. The summed E-state index contributed by atoms with van der Waals surface area (Å²) in [5, 5.41) is 5.19. The van der Waals surface area contributed by atoms with Gasteiger partial charge in [-0.2, -0.15) is 9.78 Å². The van der Waals surface area contributed by atoms with Crippen LogP contribution in [0.25, 0.3) is 10.9 Å². The van der Waals surface area contributed by atoms with Crippen LogP contribution in [0, 0.1) is 0 Å². The average Bonchev–Trinajstić information content (AvgIpc) is 2.74. The van der Waals surface area contributed by atoms with E-state index in [9.17, 15) is 4.79 Å². The second-order valence-corrected chi connectivity index (χ2v) is 7.28. The zero-order valence-electron chi connectivity index (χ0n) is 15.8. The Labute approximate surface area is 159 Å². The van der Waals surface area contributed by atoms with Gasteiger partial charge in [-0.15, -0.1) is 0 Å². The summed E-state index contributed by atoms with van der Waals surface area (Å²) in [7, 11) is 0. The Hall–Kier alpha value is -2.75. The molecule has 1 saturated carbocycles. The molecule has 0 unspecified atom stereocenters. The number of hydrogen-bond acceptors (Lipinski definition) is 3. The highest BCUT2D eigenvalue weighted by Gasteiger charge is 2.22. The maximum Gasteiger partial charge on any atom is 0.282 e. The summed E-state index contributed by atoms with van der Waals surface area (Å²) in [5.41, 5.74) is 2.96. The first-order valence-electron chi connectivity index (χ1n) is 9.91. The minimum Gasteiger partial charge on any atom is -0.267 e. The maximum absolute atomic E-state index is 13.1. The van der Waals surface area contributed by atoms with E-state index in [1.807, 2.05) is 36.4 Å². The molecular weight excluding hydrogens is 334 g/mol. The van der Waals surface area contributed by atoms with Gasteiger partial charge in [0, 0.05) is 5.92 Å². The Kier molecular flexibility index (Phi) is 5.14. The van der Waals surface area contributed by atoms with Crippen molar-refractivity contribution in [3.8, 4) is 0 Å². The molecule has 1 fully saturated rings. The van der Waals surface area contributed by atoms with Gasteiger partial charge in [0.1, 0.15) is 5.82 Å². The third-order valence-corrected chi connectivity index (χ3v) is 5.46. The van der Waals surface area contributed by atoms with Gasteiger partial charge in [-0.1, -0.05) is 62.6 Å². The Morgan fingerprint density at radius 2 is 1.81 bits per heavy atom. The number of benzene rings is 2. The van der Waals surface area contributed by atoms with Crippen LogP contribution in [0.4, 0.5) is 0 Å². The molecule has 4 heteroatoms. The van der Waals surface area contributed by atoms with E-state index in [0.717, 1.165) is 36.2 Å². The largest absolute Gasteiger partial charge is 0.282 e. The molecule has 0 saturated heterocycles. The van der Waals surface area contributed by atoms with E-state index in [2.05, 4.69) is 24.2 Å². The Bertz CT molecular complexity index is 1010. The molecule has 0 atom stereocenters. The van der Waals surface area contributed by atoms with Gasteiger partial charge in [0.2, 0.25) is 0 Å². The molecule has 4 nitrogen and oxygen atoms in total. The van der Waals surface area contributed by atoms with Gasteiger partial charge in [-0.05, 0) is 42.5 Å². The van der Waals surface area contributed by atoms with Crippen LogP contribution >= 0.6 is 0 Å². The van der Waals surface area contributed by atoms with E-state index < -0.39 is 0 Å². The molecule has 2 aromatic carbocycles. The molecule has 1 aliphatic carbocycles. The van der Waals surface area contributed by atoms with Crippen molar-refractivity contribution in [3.05, 3.63) is 75.8 Å². The fourth-order valence-electron chi connectivity index (χ4n) is 3.84. The lowest BCUT2D eigenvalue weighted by Crippen LogP contribution is -2.25. The molecule has 27 heavy (non-hydrogen) atoms. The number of fused-ring (bicyclic) bond motifs is 1. The van der Waals surface area contributed by atoms with E-state index >= 15 is 0 Å². The second kappa shape index (κ2) is 7.87. The zero-order chi connectivity index (χ0) is 18.6. The van der Waals surface area contributed by atoms with Crippen molar-refractivity contribution < 1.29 is 0 Å². The molecule has 0 aliphatic heterocycles. The van der Waals surface area contributed by atoms with Crippen LogP contribution < -0.4 is 5.56 Å². The van der Waals surface area contributed by atoms with Crippen LogP contribution in [0.2, 0.25) is 0 Å². The van der Waals surface area contributed by atoms with Gasteiger partial charge < -0.3 is 0 Å². The molecule has 1 aliphatic rings. The lowest BCUT2D eigenvalue weighted by atomic mass is 9.88. The summed E-state index contributed by atoms with van der Waals surface area (Å²) in [4.78, 5) is 18.0. The van der Waals surface area contributed by atoms with Gasteiger partial charge in [0.05, 0.1) is 17.1 Å². The molecule has 4 rings (SSSR count). The van der Waals surface area contributed by atoms with E-state index in [0.29, 0.717) is 11.3 Å². The van der Waals surface area contributed by atoms with E-state index in [1.165, 1.54) is 29.5 Å². The van der Waals surface area contributed by atoms with Crippen LogP contribution in [0.1, 0.15) is 61.9 Å². The van der Waals surface area contributed by atoms with Crippen LogP contribution in [0.15, 0.2) is 58.4 Å².